The molecule has 1 fully saturated rings. The van der Waals surface area contributed by atoms with Gasteiger partial charge in [0.05, 0.1) is 0 Å². The van der Waals surface area contributed by atoms with Crippen LogP contribution >= 0.6 is 0 Å². The summed E-state index contributed by atoms with van der Waals surface area (Å²) in [7, 11) is 0. The monoisotopic (exact) mass is 284 g/mol. The fraction of sp³-hybridized carbons (Fsp3) is 0.500. The Morgan fingerprint density at radius 3 is 2.71 bits per heavy atom. The van der Waals surface area contributed by atoms with E-state index in [4.69, 9.17) is 0 Å². The first kappa shape index (κ1) is 14.2. The van der Waals surface area contributed by atoms with Crippen molar-refractivity contribution in [1.29, 1.82) is 0 Å². The second-order valence-corrected chi connectivity index (χ2v) is 6.54. The zero-order valence-corrected chi connectivity index (χ0v) is 12.9. The van der Waals surface area contributed by atoms with Gasteiger partial charge in [-0.05, 0) is 36.3 Å². The third-order valence-electron chi connectivity index (χ3n) is 4.49. The molecule has 0 unspecified atom stereocenters. The zero-order valence-electron chi connectivity index (χ0n) is 12.9. The Bertz CT molecular complexity index is 621. The number of nitrogens with one attached hydrogen (secondary N) is 1. The highest BCUT2D eigenvalue weighted by Gasteiger charge is 2.25. The number of aromatic amines is 1. The number of fused-ring (bicyclic) bond motifs is 1. The summed E-state index contributed by atoms with van der Waals surface area (Å²) < 4.78 is 0. The van der Waals surface area contributed by atoms with Gasteiger partial charge >= 0.3 is 0 Å². The van der Waals surface area contributed by atoms with Crippen molar-refractivity contribution in [2.75, 3.05) is 13.1 Å². The van der Waals surface area contributed by atoms with Crippen LogP contribution in [-0.4, -0.2) is 28.9 Å². The van der Waals surface area contributed by atoms with Gasteiger partial charge in [0.15, 0.2) is 0 Å². The molecule has 21 heavy (non-hydrogen) atoms. The normalized spacial score (nSPS) is 16.8. The van der Waals surface area contributed by atoms with E-state index < -0.39 is 0 Å². The molecule has 2 aromatic rings. The molecule has 2 heterocycles. The number of aromatic nitrogens is 1. The van der Waals surface area contributed by atoms with E-state index in [9.17, 15) is 4.79 Å². The van der Waals surface area contributed by atoms with Crippen LogP contribution in [0, 0.1) is 5.92 Å². The summed E-state index contributed by atoms with van der Waals surface area (Å²) in [6, 6.07) is 8.48. The summed E-state index contributed by atoms with van der Waals surface area (Å²) in [5.41, 5.74) is 2.63. The van der Waals surface area contributed by atoms with Crippen molar-refractivity contribution in [3.63, 3.8) is 0 Å². The van der Waals surface area contributed by atoms with Crippen LogP contribution in [0.1, 0.15) is 44.6 Å². The number of para-hydroxylation sites is 1. The van der Waals surface area contributed by atoms with Crippen LogP contribution in [0.2, 0.25) is 0 Å². The van der Waals surface area contributed by atoms with Crippen LogP contribution in [0.25, 0.3) is 10.9 Å². The van der Waals surface area contributed by atoms with Gasteiger partial charge in [0.2, 0.25) is 5.91 Å². The molecule has 3 heteroatoms. The third kappa shape index (κ3) is 2.97. The summed E-state index contributed by atoms with van der Waals surface area (Å²) in [4.78, 5) is 17.5. The Labute approximate surface area is 126 Å². The van der Waals surface area contributed by atoms with Gasteiger partial charge in [0.1, 0.15) is 0 Å². The molecule has 3 rings (SSSR count). The van der Waals surface area contributed by atoms with Crippen LogP contribution in [0.3, 0.4) is 0 Å². The van der Waals surface area contributed by atoms with E-state index in [2.05, 4.69) is 49.3 Å². The number of carbonyl (C=O) groups excluding carboxylic acids is 1. The summed E-state index contributed by atoms with van der Waals surface area (Å²) in [5.74, 6) is 1.34. The lowest BCUT2D eigenvalue weighted by Gasteiger charge is -2.32. The fourth-order valence-corrected chi connectivity index (χ4v) is 3.35. The van der Waals surface area contributed by atoms with Crippen molar-refractivity contribution < 1.29 is 4.79 Å². The van der Waals surface area contributed by atoms with Crippen molar-refractivity contribution in [2.45, 2.75) is 39.0 Å². The summed E-state index contributed by atoms with van der Waals surface area (Å²) >= 11 is 0. The van der Waals surface area contributed by atoms with E-state index in [0.717, 1.165) is 25.9 Å². The molecule has 1 amide bonds. The van der Waals surface area contributed by atoms with E-state index in [0.29, 0.717) is 24.2 Å². The third-order valence-corrected chi connectivity index (χ3v) is 4.49. The van der Waals surface area contributed by atoms with Crippen LogP contribution in [0.5, 0.6) is 0 Å². The average Bonchev–Trinajstić information content (AvgIpc) is 2.90. The highest BCUT2D eigenvalue weighted by atomic mass is 16.2. The molecule has 112 valence electrons. The largest absolute Gasteiger partial charge is 0.361 e. The van der Waals surface area contributed by atoms with Crippen LogP contribution in [-0.2, 0) is 4.79 Å². The van der Waals surface area contributed by atoms with Crippen molar-refractivity contribution in [3.05, 3.63) is 36.0 Å². The van der Waals surface area contributed by atoms with Gasteiger partial charge in [0, 0.05) is 36.6 Å². The highest BCUT2D eigenvalue weighted by molar-refractivity contribution is 5.83. The Balaban J connectivity index is 1.67. The van der Waals surface area contributed by atoms with E-state index >= 15 is 0 Å². The molecule has 1 N–H and O–H groups in total. The van der Waals surface area contributed by atoms with Gasteiger partial charge in [-0.2, -0.15) is 0 Å². The predicted molar refractivity (Wildman–Crippen MR) is 86.3 cm³/mol. The van der Waals surface area contributed by atoms with Crippen molar-refractivity contribution >= 4 is 16.8 Å². The number of nitrogens with zero attached hydrogens (tertiary/aromatic N) is 1. The van der Waals surface area contributed by atoms with Crippen molar-refractivity contribution in [1.82, 2.24) is 9.88 Å². The summed E-state index contributed by atoms with van der Waals surface area (Å²) in [5, 5.41) is 1.34. The van der Waals surface area contributed by atoms with Gasteiger partial charge in [0.25, 0.3) is 0 Å². The lowest BCUT2D eigenvalue weighted by atomic mass is 9.89. The maximum atomic E-state index is 12.1. The Morgan fingerprint density at radius 2 is 2.00 bits per heavy atom. The number of piperidine rings is 1. The van der Waals surface area contributed by atoms with Gasteiger partial charge in [-0.1, -0.05) is 32.0 Å². The maximum Gasteiger partial charge on any atom is 0.222 e. The molecule has 0 bridgehead atoms. The molecule has 1 aromatic heterocycles. The van der Waals surface area contributed by atoms with E-state index in [1.54, 1.807) is 0 Å². The zero-order chi connectivity index (χ0) is 14.8. The number of benzene rings is 1. The average molecular weight is 284 g/mol. The molecular formula is C18H24N2O. The van der Waals surface area contributed by atoms with Crippen LogP contribution in [0.15, 0.2) is 30.5 Å². The molecule has 1 saturated heterocycles. The van der Waals surface area contributed by atoms with E-state index in [-0.39, 0.29) is 0 Å². The smallest absolute Gasteiger partial charge is 0.222 e. The minimum absolute atomic E-state index is 0.322. The number of hydrogen-bond acceptors (Lipinski definition) is 1. The van der Waals surface area contributed by atoms with E-state index in [1.807, 2.05) is 4.90 Å². The first-order valence-corrected chi connectivity index (χ1v) is 7.99. The molecule has 0 aliphatic carbocycles. The quantitative estimate of drug-likeness (QED) is 0.911. The maximum absolute atomic E-state index is 12.1. The molecule has 0 spiro atoms. The van der Waals surface area contributed by atoms with Gasteiger partial charge < -0.3 is 9.88 Å². The number of rotatable bonds is 3. The van der Waals surface area contributed by atoms with Gasteiger partial charge in [-0.3, -0.25) is 4.79 Å². The van der Waals surface area contributed by atoms with E-state index in [1.165, 1.54) is 16.5 Å². The molecular weight excluding hydrogens is 260 g/mol. The molecule has 0 radical (unpaired) electrons. The van der Waals surface area contributed by atoms with Gasteiger partial charge in [-0.15, -0.1) is 0 Å². The SMILES string of the molecule is CC(C)CC(=O)N1CCC(c2c[nH]c3ccccc23)CC1. The second kappa shape index (κ2) is 5.92. The molecule has 1 aliphatic rings. The lowest BCUT2D eigenvalue weighted by molar-refractivity contribution is -0.133. The lowest BCUT2D eigenvalue weighted by Crippen LogP contribution is -2.38. The number of amides is 1. The molecule has 3 nitrogen and oxygen atoms in total. The summed E-state index contributed by atoms with van der Waals surface area (Å²) in [6.07, 6.45) is 4.98. The molecule has 0 atom stereocenters. The van der Waals surface area contributed by atoms with Gasteiger partial charge in [-0.25, -0.2) is 0 Å². The van der Waals surface area contributed by atoms with Crippen molar-refractivity contribution in [3.8, 4) is 0 Å². The second-order valence-electron chi connectivity index (χ2n) is 6.54. The molecule has 1 aromatic carbocycles. The Kier molecular flexibility index (Phi) is 4.00. The first-order valence-electron chi connectivity index (χ1n) is 7.99. The highest BCUT2D eigenvalue weighted by Crippen LogP contribution is 2.33. The fourth-order valence-electron chi connectivity index (χ4n) is 3.35. The first-order chi connectivity index (χ1) is 10.1. The standard InChI is InChI=1S/C18H24N2O/c1-13(2)11-18(21)20-9-7-14(8-10-20)16-12-19-17-6-4-3-5-15(16)17/h3-6,12-14,19H,7-11H2,1-2H3. The van der Waals surface area contributed by atoms with Crippen LogP contribution in [0.4, 0.5) is 0 Å². The molecule has 0 saturated carbocycles. The Morgan fingerprint density at radius 1 is 1.29 bits per heavy atom. The number of H-pyrrole nitrogens is 1. The Hall–Kier alpha value is -1.77. The summed E-state index contributed by atoms with van der Waals surface area (Å²) in [6.45, 7) is 6.01. The minimum atomic E-state index is 0.322. The number of carbonyl (C=O) groups is 1. The van der Waals surface area contributed by atoms with Crippen molar-refractivity contribution in [2.24, 2.45) is 5.92 Å². The topological polar surface area (TPSA) is 36.1 Å². The minimum Gasteiger partial charge on any atom is -0.361 e. The number of likely N-dealkylation sites (tertiary alicyclic amines) is 1. The number of hydrogen-bond donors (Lipinski definition) is 1. The molecule has 1 aliphatic heterocycles. The van der Waals surface area contributed by atoms with Crippen LogP contribution < -0.4 is 0 Å². The predicted octanol–water partition coefficient (Wildman–Crippen LogP) is 3.92.